The van der Waals surface area contributed by atoms with Gasteiger partial charge in [0.1, 0.15) is 16.6 Å². The molecule has 9 heteroatoms. The minimum atomic E-state index is -0.207. The topological polar surface area (TPSA) is 80.0 Å². The number of anilines is 1. The lowest BCUT2D eigenvalue weighted by Crippen LogP contribution is -2.50. The van der Waals surface area contributed by atoms with Gasteiger partial charge in [0, 0.05) is 37.8 Å². The number of hydrogen-bond donors (Lipinski definition) is 0. The van der Waals surface area contributed by atoms with E-state index in [1.54, 1.807) is 4.90 Å². The first kappa shape index (κ1) is 22.1. The van der Waals surface area contributed by atoms with Crippen LogP contribution in [0.3, 0.4) is 0 Å². The highest BCUT2D eigenvalue weighted by atomic mass is 32.1. The molecule has 34 heavy (non-hydrogen) atoms. The zero-order valence-corrected chi connectivity index (χ0v) is 19.9. The first-order valence-corrected chi connectivity index (χ1v) is 12.0. The second-order valence-corrected chi connectivity index (χ2v) is 9.30. The molecule has 4 aromatic rings. The van der Waals surface area contributed by atoms with Crippen molar-refractivity contribution in [2.45, 2.75) is 13.8 Å². The summed E-state index contributed by atoms with van der Waals surface area (Å²) in [7, 11) is 0. The molecule has 8 nitrogen and oxygen atoms in total. The molecule has 0 saturated carbocycles. The summed E-state index contributed by atoms with van der Waals surface area (Å²) in [5.74, 6) is 1.27. The maximum atomic E-state index is 12.7. The van der Waals surface area contributed by atoms with E-state index in [4.69, 9.17) is 9.72 Å². The van der Waals surface area contributed by atoms with Crippen molar-refractivity contribution in [3.05, 3.63) is 76.1 Å². The molecule has 1 aliphatic rings. The highest BCUT2D eigenvalue weighted by molar-refractivity contribution is 7.19. The number of carbonyl (C=O) groups excluding carboxylic acids is 1. The molecule has 1 aliphatic heterocycles. The summed E-state index contributed by atoms with van der Waals surface area (Å²) in [6.45, 7) is 6.32. The van der Waals surface area contributed by atoms with Crippen LogP contribution in [0.4, 0.5) is 5.82 Å². The van der Waals surface area contributed by atoms with E-state index in [0.717, 1.165) is 21.7 Å². The predicted octanol–water partition coefficient (Wildman–Crippen LogP) is 3.16. The van der Waals surface area contributed by atoms with Crippen LogP contribution in [-0.2, 0) is 4.79 Å². The molecule has 0 bridgehead atoms. The molecule has 0 radical (unpaired) electrons. The van der Waals surface area contributed by atoms with Crippen LogP contribution < -0.4 is 15.2 Å². The van der Waals surface area contributed by atoms with E-state index in [2.05, 4.69) is 5.10 Å². The van der Waals surface area contributed by atoms with Crippen molar-refractivity contribution in [2.75, 3.05) is 37.7 Å². The molecule has 0 spiro atoms. The van der Waals surface area contributed by atoms with Crippen LogP contribution in [0, 0.1) is 13.8 Å². The number of aromatic nitrogens is 3. The van der Waals surface area contributed by atoms with E-state index in [9.17, 15) is 9.59 Å². The van der Waals surface area contributed by atoms with Crippen LogP contribution in [0.15, 0.2) is 59.4 Å². The monoisotopic (exact) mass is 475 g/mol. The van der Waals surface area contributed by atoms with Gasteiger partial charge in [0.2, 0.25) is 4.96 Å². The Kier molecular flexibility index (Phi) is 6.02. The molecule has 0 aliphatic carbocycles. The minimum Gasteiger partial charge on any atom is -0.484 e. The van der Waals surface area contributed by atoms with Crippen LogP contribution in [0.5, 0.6) is 5.75 Å². The average molecular weight is 476 g/mol. The Hall–Kier alpha value is -3.72. The first-order valence-electron chi connectivity index (χ1n) is 11.2. The Labute approximate surface area is 201 Å². The molecule has 0 atom stereocenters. The average Bonchev–Trinajstić information content (AvgIpc) is 3.28. The first-order chi connectivity index (χ1) is 16.5. The molecular formula is C25H25N5O3S. The van der Waals surface area contributed by atoms with Crippen LogP contribution >= 0.6 is 11.3 Å². The van der Waals surface area contributed by atoms with Crippen molar-refractivity contribution in [2.24, 2.45) is 0 Å². The lowest BCUT2D eigenvalue weighted by Gasteiger charge is -2.35. The van der Waals surface area contributed by atoms with Crippen LogP contribution in [0.1, 0.15) is 11.1 Å². The number of aryl methyl sites for hydroxylation is 2. The Morgan fingerprint density at radius 2 is 1.82 bits per heavy atom. The number of nitrogens with zero attached hydrogens (tertiary/aromatic N) is 5. The number of fused-ring (bicyclic) bond motifs is 1. The van der Waals surface area contributed by atoms with Gasteiger partial charge < -0.3 is 14.5 Å². The number of hydrogen-bond acceptors (Lipinski definition) is 7. The highest BCUT2D eigenvalue weighted by Gasteiger charge is 2.23. The lowest BCUT2D eigenvalue weighted by molar-refractivity contribution is -0.133. The Morgan fingerprint density at radius 3 is 2.59 bits per heavy atom. The van der Waals surface area contributed by atoms with Gasteiger partial charge in [-0.05, 0) is 37.1 Å². The molecular weight excluding hydrogens is 450 g/mol. The second-order valence-electron chi connectivity index (χ2n) is 8.34. The third kappa shape index (κ3) is 4.51. The summed E-state index contributed by atoms with van der Waals surface area (Å²) >= 11 is 1.40. The predicted molar refractivity (Wildman–Crippen MR) is 133 cm³/mol. The maximum Gasteiger partial charge on any atom is 0.277 e. The van der Waals surface area contributed by atoms with Crippen molar-refractivity contribution < 1.29 is 9.53 Å². The molecule has 2 aromatic carbocycles. The summed E-state index contributed by atoms with van der Waals surface area (Å²) in [5.41, 5.74) is 2.98. The van der Waals surface area contributed by atoms with Crippen LogP contribution in [0.25, 0.3) is 15.5 Å². The molecule has 1 saturated heterocycles. The van der Waals surface area contributed by atoms with Gasteiger partial charge >= 0.3 is 0 Å². The van der Waals surface area contributed by atoms with E-state index in [1.165, 1.54) is 21.9 Å². The van der Waals surface area contributed by atoms with Gasteiger partial charge in [-0.15, -0.1) is 0 Å². The van der Waals surface area contributed by atoms with Crippen molar-refractivity contribution in [3.8, 4) is 16.3 Å². The van der Waals surface area contributed by atoms with E-state index in [0.29, 0.717) is 42.7 Å². The molecule has 5 rings (SSSR count). The van der Waals surface area contributed by atoms with Crippen molar-refractivity contribution in [1.82, 2.24) is 19.5 Å². The fraction of sp³-hybridized carbons (Fsp3) is 0.280. The third-order valence-electron chi connectivity index (χ3n) is 5.92. The summed E-state index contributed by atoms with van der Waals surface area (Å²) in [6.07, 6.45) is 0. The summed E-state index contributed by atoms with van der Waals surface area (Å²) in [5, 5.41) is 5.26. The smallest absolute Gasteiger partial charge is 0.277 e. The summed E-state index contributed by atoms with van der Waals surface area (Å²) < 4.78 is 7.02. The second kappa shape index (κ2) is 9.26. The normalized spacial score (nSPS) is 13.9. The van der Waals surface area contributed by atoms with Gasteiger partial charge in [0.25, 0.3) is 11.5 Å². The van der Waals surface area contributed by atoms with E-state index in [-0.39, 0.29) is 18.1 Å². The fourth-order valence-electron chi connectivity index (χ4n) is 4.01. The number of ether oxygens (including phenoxy) is 1. The SMILES string of the molecule is Cc1cccc(OCC(=O)N2CCN(c3cc(=O)n4nc(-c5ccccc5C)sc4n3)CC2)c1. The number of rotatable bonds is 5. The number of amides is 1. The maximum absolute atomic E-state index is 12.7. The van der Waals surface area contributed by atoms with E-state index < -0.39 is 0 Å². The Bertz CT molecular complexity index is 1410. The van der Waals surface area contributed by atoms with Crippen molar-refractivity contribution >= 4 is 28.0 Å². The molecule has 1 fully saturated rings. The van der Waals surface area contributed by atoms with Crippen LogP contribution in [-0.4, -0.2) is 58.2 Å². The van der Waals surface area contributed by atoms with Gasteiger partial charge in [-0.25, -0.2) is 4.98 Å². The van der Waals surface area contributed by atoms with Gasteiger partial charge in [-0.3, -0.25) is 9.59 Å². The largest absolute Gasteiger partial charge is 0.484 e. The fourth-order valence-corrected chi connectivity index (χ4v) is 5.00. The van der Waals surface area contributed by atoms with E-state index >= 15 is 0 Å². The Morgan fingerprint density at radius 1 is 1.03 bits per heavy atom. The lowest BCUT2D eigenvalue weighted by atomic mass is 10.1. The third-order valence-corrected chi connectivity index (χ3v) is 6.86. The van der Waals surface area contributed by atoms with Gasteiger partial charge in [0.15, 0.2) is 6.61 Å². The van der Waals surface area contributed by atoms with Gasteiger partial charge in [-0.1, -0.05) is 47.7 Å². The summed E-state index contributed by atoms with van der Waals surface area (Å²) in [4.78, 5) is 34.4. The standard InChI is InChI=1S/C25H25N5O3S/c1-17-6-5-8-19(14-17)33-16-23(32)29-12-10-28(11-13-29)21-15-22(31)30-25(26-21)34-24(27-30)20-9-4-3-7-18(20)2/h3-9,14-15H,10-13,16H2,1-2H3. The highest BCUT2D eigenvalue weighted by Crippen LogP contribution is 2.27. The quantitative estimate of drug-likeness (QED) is 0.441. The zero-order chi connectivity index (χ0) is 23.7. The minimum absolute atomic E-state index is 0.0115. The molecule has 174 valence electrons. The van der Waals surface area contributed by atoms with Crippen molar-refractivity contribution in [3.63, 3.8) is 0 Å². The van der Waals surface area contributed by atoms with Gasteiger partial charge in [-0.2, -0.15) is 9.61 Å². The molecule has 0 unspecified atom stereocenters. The Balaban J connectivity index is 1.26. The number of piperazine rings is 1. The summed E-state index contributed by atoms with van der Waals surface area (Å²) in [6, 6.07) is 17.1. The van der Waals surface area contributed by atoms with E-state index in [1.807, 2.05) is 67.3 Å². The van der Waals surface area contributed by atoms with Crippen molar-refractivity contribution in [1.29, 1.82) is 0 Å². The zero-order valence-electron chi connectivity index (χ0n) is 19.1. The van der Waals surface area contributed by atoms with Gasteiger partial charge in [0.05, 0.1) is 0 Å². The molecule has 2 aromatic heterocycles. The molecule has 3 heterocycles. The van der Waals surface area contributed by atoms with Crippen LogP contribution in [0.2, 0.25) is 0 Å². The molecule has 1 amide bonds. The molecule has 0 N–H and O–H groups in total. The number of benzene rings is 2. The number of carbonyl (C=O) groups is 1.